The minimum atomic E-state index is -0.849. The van der Waals surface area contributed by atoms with E-state index in [4.69, 9.17) is 4.42 Å². The molecule has 9 nitrogen and oxygen atoms in total. The van der Waals surface area contributed by atoms with Crippen molar-refractivity contribution in [2.75, 3.05) is 26.4 Å². The van der Waals surface area contributed by atoms with Gasteiger partial charge in [0.05, 0.1) is 0 Å². The van der Waals surface area contributed by atoms with Crippen LogP contribution in [-0.4, -0.2) is 76.2 Å². The maximum Gasteiger partial charge on any atom is 0.286 e. The summed E-state index contributed by atoms with van der Waals surface area (Å²) in [5, 5.41) is 11.5. The van der Waals surface area contributed by atoms with E-state index in [0.717, 1.165) is 50.8 Å². The van der Waals surface area contributed by atoms with Gasteiger partial charge in [-0.05, 0) is 65.0 Å². The van der Waals surface area contributed by atoms with Crippen LogP contribution in [0.4, 0.5) is 0 Å². The quantitative estimate of drug-likeness (QED) is 0.184. The molecule has 1 N–H and O–H groups in total. The van der Waals surface area contributed by atoms with Crippen molar-refractivity contribution in [2.45, 2.75) is 82.1 Å². The molecule has 0 saturated heterocycles. The average Bonchev–Trinajstić information content (AvgIpc) is 3.52. The van der Waals surface area contributed by atoms with Gasteiger partial charge in [-0.3, -0.25) is 14.4 Å². The molecule has 0 radical (unpaired) electrons. The second kappa shape index (κ2) is 12.9. The normalized spacial score (nSPS) is 18.3. The molecule has 192 valence electrons. The highest BCUT2D eigenvalue weighted by atomic mass is 35.5. The summed E-state index contributed by atoms with van der Waals surface area (Å²) >= 11 is 1.40. The zero-order valence-electron chi connectivity index (χ0n) is 20.6. The summed E-state index contributed by atoms with van der Waals surface area (Å²) < 4.78 is 5.68. The Kier molecular flexibility index (Phi) is 10.8. The number of hydrogen-bond acceptors (Lipinski definition) is 8. The van der Waals surface area contributed by atoms with Gasteiger partial charge in [0.2, 0.25) is 18.1 Å². The Morgan fingerprint density at radius 2 is 1.88 bits per heavy atom. The molecule has 0 bridgehead atoms. The molecule has 2 aliphatic carbocycles. The lowest BCUT2D eigenvalue weighted by Crippen LogP contribution is -2.65. The fourth-order valence-corrected chi connectivity index (χ4v) is 5.22. The summed E-state index contributed by atoms with van der Waals surface area (Å²) in [6.07, 6.45) is 7.06. The number of thioether (sulfide) groups is 1. The molecule has 1 aromatic heterocycles. The maximum absolute atomic E-state index is 13.6. The second-order valence-corrected chi connectivity index (χ2v) is 10.9. The zero-order chi connectivity index (χ0) is 24.0. The van der Waals surface area contributed by atoms with Gasteiger partial charge in [0.25, 0.3) is 11.1 Å². The molecule has 0 spiro atoms. The number of ketones is 1. The first-order valence-corrected chi connectivity index (χ1v) is 13.0. The Bertz CT molecular complexity index is 824. The van der Waals surface area contributed by atoms with Gasteiger partial charge in [-0.2, -0.15) is 0 Å². The van der Waals surface area contributed by atoms with Crippen LogP contribution >= 0.6 is 24.2 Å². The Hall–Kier alpha value is -1.65. The minimum Gasteiger partial charge on any atom is -0.408 e. The second-order valence-electron chi connectivity index (χ2n) is 9.90. The van der Waals surface area contributed by atoms with Crippen LogP contribution < -0.4 is 5.32 Å². The van der Waals surface area contributed by atoms with Crippen LogP contribution in [0.15, 0.2) is 9.64 Å². The minimum absolute atomic E-state index is 0. The molecule has 1 aromatic rings. The maximum atomic E-state index is 13.6. The predicted molar refractivity (Wildman–Crippen MR) is 133 cm³/mol. The van der Waals surface area contributed by atoms with E-state index in [0.29, 0.717) is 24.5 Å². The summed E-state index contributed by atoms with van der Waals surface area (Å²) in [6.45, 7) is 4.86. The molecular formula is C23H38ClN5O4S. The molecule has 0 aliphatic heterocycles. The Balaban J connectivity index is 0.00000408. The van der Waals surface area contributed by atoms with Crippen LogP contribution in [0.1, 0.15) is 75.9 Å². The van der Waals surface area contributed by atoms with Crippen molar-refractivity contribution in [1.82, 2.24) is 25.3 Å². The Morgan fingerprint density at radius 1 is 1.21 bits per heavy atom. The number of rotatable bonds is 13. The van der Waals surface area contributed by atoms with Crippen molar-refractivity contribution in [3.8, 4) is 0 Å². The number of hydrogen-bond donors (Lipinski definition) is 1. The van der Waals surface area contributed by atoms with Crippen LogP contribution in [0.5, 0.6) is 0 Å². The third kappa shape index (κ3) is 7.42. The number of aromatic nitrogens is 2. The largest absolute Gasteiger partial charge is 0.408 e. The molecule has 1 unspecified atom stereocenters. The molecule has 0 aromatic carbocycles. The van der Waals surface area contributed by atoms with Crippen molar-refractivity contribution in [3.63, 3.8) is 0 Å². The molecule has 1 atom stereocenters. The summed E-state index contributed by atoms with van der Waals surface area (Å²) in [5.74, 6) is 0.464. The van der Waals surface area contributed by atoms with Gasteiger partial charge in [0.1, 0.15) is 11.7 Å². The molecule has 2 fully saturated rings. The lowest BCUT2D eigenvalue weighted by molar-refractivity contribution is -0.137. The lowest BCUT2D eigenvalue weighted by atomic mass is 9.84. The van der Waals surface area contributed by atoms with Crippen LogP contribution in [0, 0.1) is 11.8 Å². The summed E-state index contributed by atoms with van der Waals surface area (Å²) in [7, 11) is 3.97. The van der Waals surface area contributed by atoms with E-state index < -0.39 is 11.7 Å². The highest BCUT2D eigenvalue weighted by molar-refractivity contribution is 7.99. The number of nitrogens with zero attached hydrogens (tertiary/aromatic N) is 4. The number of halogens is 1. The van der Waals surface area contributed by atoms with E-state index >= 15 is 0 Å². The van der Waals surface area contributed by atoms with Crippen LogP contribution in [0.25, 0.3) is 0 Å². The number of carbonyl (C=O) groups excluding carboxylic acids is 3. The van der Waals surface area contributed by atoms with Crippen LogP contribution in [-0.2, 0) is 9.59 Å². The van der Waals surface area contributed by atoms with E-state index in [9.17, 15) is 14.4 Å². The topological polar surface area (TPSA) is 109 Å². The van der Waals surface area contributed by atoms with Gasteiger partial charge >= 0.3 is 0 Å². The van der Waals surface area contributed by atoms with Crippen molar-refractivity contribution in [1.29, 1.82) is 0 Å². The summed E-state index contributed by atoms with van der Waals surface area (Å²) in [4.78, 5) is 42.4. The van der Waals surface area contributed by atoms with Crippen molar-refractivity contribution in [2.24, 2.45) is 11.8 Å². The van der Waals surface area contributed by atoms with Crippen molar-refractivity contribution >= 4 is 42.3 Å². The summed E-state index contributed by atoms with van der Waals surface area (Å²) in [6, 6.07) is -0.778. The predicted octanol–water partition coefficient (Wildman–Crippen LogP) is 3.39. The molecule has 2 saturated carbocycles. The van der Waals surface area contributed by atoms with Crippen molar-refractivity contribution < 1.29 is 18.8 Å². The molecule has 3 rings (SSSR count). The third-order valence-corrected chi connectivity index (χ3v) is 7.11. The molecule has 1 heterocycles. The first-order chi connectivity index (χ1) is 15.8. The Morgan fingerprint density at radius 3 is 2.44 bits per heavy atom. The standard InChI is InChI=1S/C23H37N5O4S.ClH/c1-16(2)14-18(19(30)21-25-26-22(32-21)33-13-12-27(3)4)28(15-29)23(10-6-5-7-11-23)24-20(31)17-8-9-17;/h15-18H,5-14H2,1-4H3,(H,24,31);1H. The third-order valence-electron chi connectivity index (χ3n) is 6.31. The zero-order valence-corrected chi connectivity index (χ0v) is 22.3. The van der Waals surface area contributed by atoms with Gasteiger partial charge in [-0.25, -0.2) is 0 Å². The highest BCUT2D eigenvalue weighted by Crippen LogP contribution is 2.37. The van der Waals surface area contributed by atoms with E-state index in [1.165, 1.54) is 11.8 Å². The SMILES string of the molecule is CC(C)CC(C(=O)c1nnc(SCCN(C)C)o1)N(C=O)C1(NC(=O)C2CC2)CCCCC1.Cl. The smallest absolute Gasteiger partial charge is 0.286 e. The Labute approximate surface area is 212 Å². The van der Waals surface area contributed by atoms with E-state index in [2.05, 4.69) is 20.4 Å². The van der Waals surface area contributed by atoms with Gasteiger partial charge in [-0.1, -0.05) is 32.0 Å². The fraction of sp³-hybridized carbons (Fsp3) is 0.783. The monoisotopic (exact) mass is 515 g/mol. The summed E-state index contributed by atoms with van der Waals surface area (Å²) in [5.41, 5.74) is -0.849. The average molecular weight is 516 g/mol. The number of nitrogens with one attached hydrogen (secondary N) is 1. The van der Waals surface area contributed by atoms with Gasteiger partial charge in [0, 0.05) is 18.2 Å². The van der Waals surface area contributed by atoms with E-state index in [1.54, 1.807) is 4.90 Å². The highest BCUT2D eigenvalue weighted by Gasteiger charge is 2.47. The van der Waals surface area contributed by atoms with E-state index in [1.807, 2.05) is 27.9 Å². The molecule has 2 aliphatic rings. The molecule has 34 heavy (non-hydrogen) atoms. The number of Topliss-reactive ketones (excluding diaryl/α,β-unsaturated/α-hetero) is 1. The van der Waals surface area contributed by atoms with E-state index in [-0.39, 0.29) is 41.8 Å². The number of amides is 2. The fourth-order valence-electron chi connectivity index (χ4n) is 4.35. The van der Waals surface area contributed by atoms with Gasteiger partial charge in [0.15, 0.2) is 0 Å². The molecule has 2 amide bonds. The van der Waals surface area contributed by atoms with Crippen LogP contribution in [0.2, 0.25) is 0 Å². The first kappa shape index (κ1) is 28.6. The molecule has 11 heteroatoms. The van der Waals surface area contributed by atoms with Crippen LogP contribution in [0.3, 0.4) is 0 Å². The van der Waals surface area contributed by atoms with Crippen molar-refractivity contribution in [3.05, 3.63) is 5.89 Å². The molecular weight excluding hydrogens is 478 g/mol. The number of carbonyl (C=O) groups is 3. The van der Waals surface area contributed by atoms with Gasteiger partial charge in [-0.15, -0.1) is 22.6 Å². The first-order valence-electron chi connectivity index (χ1n) is 12.0. The lowest BCUT2D eigenvalue weighted by Gasteiger charge is -2.48. The van der Waals surface area contributed by atoms with Gasteiger partial charge < -0.3 is 19.5 Å².